The number of hydrogen-bond donors (Lipinski definition) is 1. The van der Waals surface area contributed by atoms with Crippen molar-refractivity contribution in [3.05, 3.63) is 48.6 Å². The molecule has 1 fully saturated rings. The van der Waals surface area contributed by atoms with Gasteiger partial charge in [-0.3, -0.25) is 4.79 Å². The highest BCUT2D eigenvalue weighted by Gasteiger charge is 2.34. The van der Waals surface area contributed by atoms with Crippen molar-refractivity contribution in [3.63, 3.8) is 0 Å². The molecule has 1 aliphatic rings. The molecular weight excluding hydrogens is 212 g/mol. The average Bonchev–Trinajstić information content (AvgIpc) is 2.72. The third-order valence-electron chi connectivity index (χ3n) is 3.29. The summed E-state index contributed by atoms with van der Waals surface area (Å²) in [5, 5.41) is 0. The smallest absolute Gasteiger partial charge is 0.227 e. The second kappa shape index (κ2) is 5.15. The van der Waals surface area contributed by atoms with E-state index in [1.165, 1.54) is 0 Å². The van der Waals surface area contributed by atoms with Gasteiger partial charge in [0.15, 0.2) is 0 Å². The average molecular weight is 230 g/mol. The number of carbonyl (C=O) groups is 1. The van der Waals surface area contributed by atoms with Crippen LogP contribution in [-0.2, 0) is 11.3 Å². The van der Waals surface area contributed by atoms with Crippen LogP contribution in [0.4, 0.5) is 0 Å². The minimum Gasteiger partial charge on any atom is -0.338 e. The molecule has 2 rings (SSSR count). The number of benzene rings is 1. The first kappa shape index (κ1) is 11.9. The molecule has 1 amide bonds. The third-order valence-corrected chi connectivity index (χ3v) is 3.29. The van der Waals surface area contributed by atoms with Gasteiger partial charge in [0.05, 0.1) is 5.92 Å². The predicted molar refractivity (Wildman–Crippen MR) is 68.1 cm³/mol. The van der Waals surface area contributed by atoms with Crippen LogP contribution in [0.15, 0.2) is 43.0 Å². The fourth-order valence-electron chi connectivity index (χ4n) is 2.25. The number of nitrogens with zero attached hydrogens (tertiary/aromatic N) is 1. The number of nitrogens with two attached hydrogens (primary N) is 1. The van der Waals surface area contributed by atoms with Crippen molar-refractivity contribution in [2.75, 3.05) is 6.54 Å². The van der Waals surface area contributed by atoms with Gasteiger partial charge in [0.2, 0.25) is 5.91 Å². The lowest BCUT2D eigenvalue weighted by Crippen LogP contribution is -2.35. The molecule has 1 aliphatic heterocycles. The molecule has 0 bridgehead atoms. The summed E-state index contributed by atoms with van der Waals surface area (Å²) in [5.74, 6) is 0.0671. The van der Waals surface area contributed by atoms with Crippen LogP contribution in [0.3, 0.4) is 0 Å². The monoisotopic (exact) mass is 230 g/mol. The highest BCUT2D eigenvalue weighted by molar-refractivity contribution is 5.81. The second-order valence-electron chi connectivity index (χ2n) is 4.45. The normalized spacial score (nSPS) is 21.6. The van der Waals surface area contributed by atoms with Gasteiger partial charge in [0.25, 0.3) is 0 Å². The van der Waals surface area contributed by atoms with E-state index in [4.69, 9.17) is 5.73 Å². The number of amides is 1. The quantitative estimate of drug-likeness (QED) is 0.798. The van der Waals surface area contributed by atoms with E-state index in [1.54, 1.807) is 6.08 Å². The van der Waals surface area contributed by atoms with Crippen LogP contribution in [0.2, 0.25) is 0 Å². The van der Waals surface area contributed by atoms with Crippen molar-refractivity contribution >= 4 is 5.91 Å². The Bertz CT molecular complexity index is 402. The maximum Gasteiger partial charge on any atom is 0.227 e. The van der Waals surface area contributed by atoms with Crippen LogP contribution in [-0.4, -0.2) is 23.4 Å². The van der Waals surface area contributed by atoms with E-state index in [2.05, 4.69) is 6.58 Å². The highest BCUT2D eigenvalue weighted by atomic mass is 16.2. The Morgan fingerprint density at radius 3 is 2.82 bits per heavy atom. The van der Waals surface area contributed by atoms with Gasteiger partial charge in [-0.25, -0.2) is 0 Å². The molecule has 0 aliphatic carbocycles. The zero-order valence-electron chi connectivity index (χ0n) is 9.88. The predicted octanol–water partition coefficient (Wildman–Crippen LogP) is 1.55. The van der Waals surface area contributed by atoms with E-state index in [1.807, 2.05) is 35.2 Å². The zero-order valence-corrected chi connectivity index (χ0v) is 9.88. The van der Waals surface area contributed by atoms with Gasteiger partial charge >= 0.3 is 0 Å². The van der Waals surface area contributed by atoms with Crippen molar-refractivity contribution < 1.29 is 4.79 Å². The Morgan fingerprint density at radius 1 is 1.47 bits per heavy atom. The topological polar surface area (TPSA) is 46.3 Å². The van der Waals surface area contributed by atoms with Crippen molar-refractivity contribution in [2.24, 2.45) is 11.7 Å². The molecule has 90 valence electrons. The fraction of sp³-hybridized carbons (Fsp3) is 0.357. The van der Waals surface area contributed by atoms with Crippen molar-refractivity contribution in [2.45, 2.75) is 19.0 Å². The number of hydrogen-bond acceptors (Lipinski definition) is 2. The van der Waals surface area contributed by atoms with Crippen LogP contribution >= 0.6 is 0 Å². The van der Waals surface area contributed by atoms with Gasteiger partial charge in [-0.2, -0.15) is 0 Å². The molecule has 2 unspecified atom stereocenters. The lowest BCUT2D eigenvalue weighted by Gasteiger charge is -2.18. The molecule has 0 radical (unpaired) electrons. The second-order valence-corrected chi connectivity index (χ2v) is 4.45. The molecule has 1 saturated heterocycles. The molecule has 2 atom stereocenters. The summed E-state index contributed by atoms with van der Waals surface area (Å²) < 4.78 is 0. The van der Waals surface area contributed by atoms with E-state index in [9.17, 15) is 4.79 Å². The summed E-state index contributed by atoms with van der Waals surface area (Å²) in [6, 6.07) is 9.81. The summed E-state index contributed by atoms with van der Waals surface area (Å²) in [6.45, 7) is 5.13. The molecule has 3 nitrogen and oxygen atoms in total. The first-order valence-electron chi connectivity index (χ1n) is 5.93. The minimum absolute atomic E-state index is 0.0868. The van der Waals surface area contributed by atoms with E-state index < -0.39 is 0 Å². The Morgan fingerprint density at radius 2 is 2.18 bits per heavy atom. The van der Waals surface area contributed by atoms with Gasteiger partial charge in [-0.1, -0.05) is 36.4 Å². The lowest BCUT2D eigenvalue weighted by molar-refractivity contribution is -0.131. The fourth-order valence-corrected chi connectivity index (χ4v) is 2.25. The van der Waals surface area contributed by atoms with Gasteiger partial charge in [0.1, 0.15) is 0 Å². The van der Waals surface area contributed by atoms with E-state index in [0.29, 0.717) is 6.54 Å². The number of carbonyl (C=O) groups excluding carboxylic acids is 1. The standard InChI is InChI=1S/C14H18N2O/c1-2-13(15)12-8-9-16(14(12)17)10-11-6-4-3-5-7-11/h2-7,12-13H,1,8-10,15H2. The summed E-state index contributed by atoms with van der Waals surface area (Å²) in [5.41, 5.74) is 7.02. The molecule has 1 aromatic rings. The SMILES string of the molecule is C=CC(N)C1CCN(Cc2ccccc2)C1=O. The molecule has 0 saturated carbocycles. The van der Waals surface area contributed by atoms with Gasteiger partial charge in [-0.05, 0) is 12.0 Å². The van der Waals surface area contributed by atoms with Crippen LogP contribution < -0.4 is 5.73 Å². The lowest BCUT2D eigenvalue weighted by atomic mass is 9.99. The van der Waals surface area contributed by atoms with Crippen LogP contribution in [0.1, 0.15) is 12.0 Å². The Labute approximate surface area is 102 Å². The third kappa shape index (κ3) is 2.56. The highest BCUT2D eigenvalue weighted by Crippen LogP contribution is 2.22. The number of likely N-dealkylation sites (tertiary alicyclic amines) is 1. The van der Waals surface area contributed by atoms with Crippen molar-refractivity contribution in [1.29, 1.82) is 0 Å². The van der Waals surface area contributed by atoms with E-state index in [0.717, 1.165) is 18.5 Å². The summed E-state index contributed by atoms with van der Waals surface area (Å²) in [7, 11) is 0. The summed E-state index contributed by atoms with van der Waals surface area (Å²) >= 11 is 0. The molecule has 0 spiro atoms. The van der Waals surface area contributed by atoms with Crippen molar-refractivity contribution in [3.8, 4) is 0 Å². The molecule has 1 heterocycles. The Hall–Kier alpha value is -1.61. The number of rotatable bonds is 4. The van der Waals surface area contributed by atoms with Crippen LogP contribution in [0, 0.1) is 5.92 Å². The Kier molecular flexibility index (Phi) is 3.59. The first-order chi connectivity index (χ1) is 8.22. The molecule has 3 heteroatoms. The molecule has 1 aromatic carbocycles. The first-order valence-corrected chi connectivity index (χ1v) is 5.93. The van der Waals surface area contributed by atoms with E-state index >= 15 is 0 Å². The van der Waals surface area contributed by atoms with Gasteiger partial charge in [0, 0.05) is 19.1 Å². The summed E-state index contributed by atoms with van der Waals surface area (Å²) in [6.07, 6.45) is 2.49. The van der Waals surface area contributed by atoms with Crippen molar-refractivity contribution in [1.82, 2.24) is 4.90 Å². The Balaban J connectivity index is 2.01. The van der Waals surface area contributed by atoms with Crippen LogP contribution in [0.5, 0.6) is 0 Å². The van der Waals surface area contributed by atoms with E-state index in [-0.39, 0.29) is 17.9 Å². The largest absolute Gasteiger partial charge is 0.338 e. The molecule has 0 aromatic heterocycles. The molecular formula is C14H18N2O. The van der Waals surface area contributed by atoms with Gasteiger partial charge < -0.3 is 10.6 Å². The maximum atomic E-state index is 12.1. The minimum atomic E-state index is -0.219. The summed E-state index contributed by atoms with van der Waals surface area (Å²) in [4.78, 5) is 14.0. The van der Waals surface area contributed by atoms with Gasteiger partial charge in [-0.15, -0.1) is 6.58 Å². The molecule has 17 heavy (non-hydrogen) atoms. The maximum absolute atomic E-state index is 12.1. The van der Waals surface area contributed by atoms with Crippen LogP contribution in [0.25, 0.3) is 0 Å². The molecule has 2 N–H and O–H groups in total. The zero-order chi connectivity index (χ0) is 12.3.